The van der Waals surface area contributed by atoms with Crippen molar-refractivity contribution in [1.82, 2.24) is 44.9 Å². The molecule has 0 spiro atoms. The van der Waals surface area contributed by atoms with Gasteiger partial charge in [-0.2, -0.15) is 0 Å². The molecule has 9 aliphatic rings. The lowest BCUT2D eigenvalue weighted by Crippen LogP contribution is -1.86. The second-order valence-electron chi connectivity index (χ2n) is 24.2. The third-order valence-electron chi connectivity index (χ3n) is 17.7. The number of fused-ring (bicyclic) bond motifs is 14. The number of hydrogen-bond donors (Lipinski definition) is 0. The highest BCUT2D eigenvalue weighted by Gasteiger charge is 2.16. The summed E-state index contributed by atoms with van der Waals surface area (Å²) < 4.78 is 0. The first-order valence-corrected chi connectivity index (χ1v) is 43.8. The Balaban J connectivity index is 0.000000334. The van der Waals surface area contributed by atoms with Crippen LogP contribution in [0.4, 0.5) is 0 Å². The monoisotopic (exact) mass is 1580 g/mol. The maximum Gasteiger partial charge on any atom is 0.116 e. The summed E-state index contributed by atoms with van der Waals surface area (Å²) in [6.07, 6.45) is 63.4. The zero-order valence-corrected chi connectivity index (χ0v) is 75.3. The Bertz CT molecular complexity index is 4510. The first kappa shape index (κ1) is 101. The van der Waals surface area contributed by atoms with E-state index in [4.69, 9.17) is 0 Å². The molecule has 0 fully saturated rings. The molecule has 9 aliphatic carbocycles. The minimum Gasteiger partial charge on any atom is -0.264 e. The van der Waals surface area contributed by atoms with Crippen molar-refractivity contribution in [2.75, 3.05) is 0 Å². The lowest BCUT2D eigenvalue weighted by atomic mass is 10.0. The van der Waals surface area contributed by atoms with Gasteiger partial charge in [-0.1, -0.05) is 369 Å². The smallest absolute Gasteiger partial charge is 0.116 e. The minimum absolute atomic E-state index is 0.970. The average Bonchev–Trinajstić information content (AvgIpc) is 1.83. The lowest BCUT2D eigenvalue weighted by Gasteiger charge is -2.03. The molecule has 0 unspecified atom stereocenters. The molecule has 620 valence electrons. The number of nitrogens with zero attached hydrogens (tertiary/aromatic N) is 9. The summed E-state index contributed by atoms with van der Waals surface area (Å²) >= 11 is 0. The number of aromatic nitrogens is 9. The van der Waals surface area contributed by atoms with Gasteiger partial charge in [-0.15, -0.1) is 0 Å². The Morgan fingerprint density at radius 3 is 1.26 bits per heavy atom. The lowest BCUT2D eigenvalue weighted by molar-refractivity contribution is 1.06. The van der Waals surface area contributed by atoms with Crippen molar-refractivity contribution >= 4 is 70.3 Å². The summed E-state index contributed by atoms with van der Waals surface area (Å²) in [6, 6.07) is 63.1. The molecule has 7 heterocycles. The first-order valence-electron chi connectivity index (χ1n) is 43.8. The molecular formula is C110H135N9. The highest BCUT2D eigenvalue weighted by atomic mass is 14.8. The predicted molar refractivity (Wildman–Crippen MR) is 523 cm³/mol. The van der Waals surface area contributed by atoms with Gasteiger partial charge in [0.1, 0.15) is 12.7 Å². The Kier molecular flexibility index (Phi) is 54.1. The topological polar surface area (TPSA) is 116 Å². The fraction of sp³-hybridized carbons (Fsp3) is 0.264. The van der Waals surface area contributed by atoms with Gasteiger partial charge >= 0.3 is 0 Å². The summed E-state index contributed by atoms with van der Waals surface area (Å²) in [7, 11) is 0. The zero-order valence-electron chi connectivity index (χ0n) is 75.3. The van der Waals surface area contributed by atoms with Crippen LogP contribution in [0.25, 0.3) is 81.4 Å². The minimum atomic E-state index is 0.970. The Labute approximate surface area is 717 Å². The molecule has 0 radical (unpaired) electrons. The van der Waals surface area contributed by atoms with Crippen LogP contribution < -0.4 is 0 Å². The Hall–Kier alpha value is -12.3. The molecule has 0 N–H and O–H groups in total. The molecule has 22 rings (SSSR count). The van der Waals surface area contributed by atoms with Gasteiger partial charge in [0.25, 0.3) is 0 Å². The highest BCUT2D eigenvalue weighted by Crippen LogP contribution is 2.36. The van der Waals surface area contributed by atoms with Crippen molar-refractivity contribution in [3.8, 4) is 11.1 Å². The van der Waals surface area contributed by atoms with Gasteiger partial charge < -0.3 is 0 Å². The van der Waals surface area contributed by atoms with Gasteiger partial charge in [0.05, 0.1) is 28.3 Å². The Morgan fingerprint density at radius 1 is 0.218 bits per heavy atom. The molecule has 6 aromatic carbocycles. The normalized spacial score (nSPS) is 11.5. The van der Waals surface area contributed by atoms with E-state index in [-0.39, 0.29) is 0 Å². The van der Waals surface area contributed by atoms with Gasteiger partial charge in [-0.3, -0.25) is 24.9 Å². The summed E-state index contributed by atoms with van der Waals surface area (Å²) in [5.74, 6) is 0. The number of rotatable bonds is 0. The van der Waals surface area contributed by atoms with Gasteiger partial charge in [0.2, 0.25) is 0 Å². The maximum absolute atomic E-state index is 4.20. The third kappa shape index (κ3) is 33.3. The number of allylic oxidation sites excluding steroid dienone is 8. The quantitative estimate of drug-likeness (QED) is 0.146. The summed E-state index contributed by atoms with van der Waals surface area (Å²) in [5.41, 5.74) is 27.4. The van der Waals surface area contributed by atoms with Crippen LogP contribution in [0.15, 0.2) is 299 Å². The third-order valence-corrected chi connectivity index (χ3v) is 17.7. The van der Waals surface area contributed by atoms with E-state index in [1.165, 1.54) is 105 Å². The van der Waals surface area contributed by atoms with E-state index >= 15 is 0 Å². The number of benzene rings is 6. The van der Waals surface area contributed by atoms with Gasteiger partial charge in [0.15, 0.2) is 0 Å². The van der Waals surface area contributed by atoms with Crippen molar-refractivity contribution in [3.05, 3.63) is 400 Å². The van der Waals surface area contributed by atoms with E-state index in [1.807, 2.05) is 243 Å². The molecule has 0 amide bonds. The SMILES string of the molecule is C1=Cc2ccc3ccccc3c2C1.C1=Cc2ccccc2C1.C1=Cc2cccnc2C1.C1=Cc2ccncc2C1.C1=Cc2cnccc2C1.C1=Cc2cncnc2C1.C1=Cc2ncccc2C1.C1=Cc2ncncc2C1.CC.CC.CC.CC.CC.CC.CC.CC.CC.CC.c1ccc2c(c1)Cc1ccccc1-2.c1ccc2ncccc2c1. The zero-order chi connectivity index (χ0) is 86.9. The van der Waals surface area contributed by atoms with Crippen molar-refractivity contribution < 1.29 is 0 Å². The molecule has 119 heavy (non-hydrogen) atoms. The molecule has 0 saturated carbocycles. The van der Waals surface area contributed by atoms with Gasteiger partial charge in [-0.05, 0) is 188 Å². The summed E-state index contributed by atoms with van der Waals surface area (Å²) in [6.45, 7) is 40.0. The molecule has 0 bridgehead atoms. The number of hydrogen-bond acceptors (Lipinski definition) is 9. The van der Waals surface area contributed by atoms with E-state index in [9.17, 15) is 0 Å². The van der Waals surface area contributed by atoms with E-state index in [0.717, 1.165) is 85.9 Å². The average molecular weight is 1580 g/mol. The fourth-order valence-corrected chi connectivity index (χ4v) is 12.6. The summed E-state index contributed by atoms with van der Waals surface area (Å²) in [5, 5.41) is 3.96. The largest absolute Gasteiger partial charge is 0.264 e. The standard InChI is InChI=1S/2C13H10.C9H7N.C9H8.4C8H7N.2C7H6N2.10C2H6/c1-3-7-12-10(5-1)9-11-6-2-4-8-13(11)12;1-2-6-12-10(4-1)8-9-11-5-3-7-13(11)12;1-2-6-9-8(4-1)5-3-7-10-9;1-2-5-9-7-3-6-8(9)4-1;2*1-3-7-4-2-6-9-8(7)5-1;2*1-2-7-4-5-9-6-8(7)3-1;2*1-2-6-4-8-5-9-7(6)3-1;10*1-2/h1-8H,9H2;1-6,8-9H,7H2;1-7H;1-6H,7H2;1-2,4-6H,3H2;1-4,6H,5H2;1,3-6H,2H2;1-2,4-6H,3H2;1,3-5H,2H2;1-2,4-5H,3H2;10*1-2H3. The van der Waals surface area contributed by atoms with Gasteiger partial charge in [-0.25, -0.2) is 19.9 Å². The molecule has 0 atom stereocenters. The van der Waals surface area contributed by atoms with Crippen molar-refractivity contribution in [2.24, 2.45) is 0 Å². The summed E-state index contributed by atoms with van der Waals surface area (Å²) in [4.78, 5) is 36.5. The number of pyridine rings is 5. The van der Waals surface area contributed by atoms with E-state index < -0.39 is 0 Å². The first-order chi connectivity index (χ1) is 59.1. The second kappa shape index (κ2) is 63.8. The van der Waals surface area contributed by atoms with Crippen molar-refractivity contribution in [2.45, 2.75) is 196 Å². The van der Waals surface area contributed by atoms with E-state index in [1.54, 1.807) is 12.7 Å². The van der Waals surface area contributed by atoms with Crippen LogP contribution in [0.1, 0.15) is 239 Å². The van der Waals surface area contributed by atoms with E-state index in [2.05, 4.69) is 276 Å². The highest BCUT2D eigenvalue weighted by molar-refractivity contribution is 5.90. The number of para-hydroxylation sites is 1. The van der Waals surface area contributed by atoms with Crippen LogP contribution >= 0.6 is 0 Å². The molecule has 0 aliphatic heterocycles. The van der Waals surface area contributed by atoms with Crippen LogP contribution in [-0.4, -0.2) is 44.9 Å². The van der Waals surface area contributed by atoms with Crippen molar-refractivity contribution in [1.29, 1.82) is 0 Å². The van der Waals surface area contributed by atoms with Crippen LogP contribution in [0.5, 0.6) is 0 Å². The molecular weight excluding hydrogens is 1450 g/mol. The second-order valence-corrected chi connectivity index (χ2v) is 24.2. The Morgan fingerprint density at radius 2 is 0.630 bits per heavy atom. The van der Waals surface area contributed by atoms with Crippen LogP contribution in [-0.2, 0) is 57.8 Å². The van der Waals surface area contributed by atoms with Crippen LogP contribution in [0.2, 0.25) is 0 Å². The molecule has 7 aromatic heterocycles. The maximum atomic E-state index is 4.20. The van der Waals surface area contributed by atoms with E-state index in [0.29, 0.717) is 0 Å². The molecule has 9 nitrogen and oxygen atoms in total. The van der Waals surface area contributed by atoms with Crippen LogP contribution in [0, 0.1) is 0 Å². The van der Waals surface area contributed by atoms with Crippen LogP contribution in [0.3, 0.4) is 0 Å². The fourth-order valence-electron chi connectivity index (χ4n) is 12.6. The molecule has 0 saturated heterocycles. The molecule has 13 aromatic rings. The molecule has 9 heteroatoms. The van der Waals surface area contributed by atoms with Gasteiger partial charge in [0, 0.05) is 79.6 Å². The van der Waals surface area contributed by atoms with Crippen molar-refractivity contribution in [3.63, 3.8) is 0 Å². The predicted octanol–water partition coefficient (Wildman–Crippen LogP) is 30.1.